The molecule has 1 saturated heterocycles. The first-order chi connectivity index (χ1) is 13.0. The number of hydrogen-bond donors (Lipinski definition) is 2. The Labute approximate surface area is 162 Å². The predicted octanol–water partition coefficient (Wildman–Crippen LogP) is 5.21. The molecule has 4 rings (SSSR count). The number of halogens is 2. The summed E-state index contributed by atoms with van der Waals surface area (Å²) in [5, 5.41) is 8.78. The van der Waals surface area contributed by atoms with Crippen molar-refractivity contribution in [2.75, 3.05) is 18.9 Å². The van der Waals surface area contributed by atoms with Crippen LogP contribution in [0.1, 0.15) is 35.6 Å². The summed E-state index contributed by atoms with van der Waals surface area (Å²) in [4.78, 5) is 0. The number of nitrogens with two attached hydrogens (primary N) is 1. The summed E-state index contributed by atoms with van der Waals surface area (Å²) in [5.41, 5.74) is 11.5. The molecular formula is C21H21ClFN3O. The maximum Gasteiger partial charge on any atom is 0.141 e. The van der Waals surface area contributed by atoms with Gasteiger partial charge in [-0.3, -0.25) is 0 Å². The number of nitrogens with zero attached hydrogens (tertiary/aromatic N) is 1. The molecule has 1 aromatic heterocycles. The lowest BCUT2D eigenvalue weighted by Crippen LogP contribution is -2.17. The van der Waals surface area contributed by atoms with E-state index in [9.17, 15) is 4.39 Å². The highest BCUT2D eigenvalue weighted by Gasteiger charge is 2.26. The lowest BCUT2D eigenvalue weighted by molar-refractivity contribution is 0.0841. The van der Waals surface area contributed by atoms with Gasteiger partial charge in [0, 0.05) is 53.4 Å². The van der Waals surface area contributed by atoms with E-state index in [0.717, 1.165) is 48.2 Å². The molecule has 27 heavy (non-hydrogen) atoms. The van der Waals surface area contributed by atoms with E-state index in [1.807, 2.05) is 12.1 Å². The number of rotatable bonds is 3. The van der Waals surface area contributed by atoms with E-state index in [2.05, 4.69) is 11.5 Å². The molecule has 1 aliphatic heterocycles. The standard InChI is InChI=1S/C21H21ClFN3O/c1-12-16-10-19(25)14(11-24)8-20(16)26(15-2-3-18(23)17(22)9-15)21(12)13-4-6-27-7-5-13/h2-3,8-11,13,24H,4-7,25H2,1H3. The number of anilines is 1. The van der Waals surface area contributed by atoms with Gasteiger partial charge >= 0.3 is 0 Å². The van der Waals surface area contributed by atoms with Gasteiger partial charge in [-0.1, -0.05) is 11.6 Å². The third-order valence-corrected chi connectivity index (χ3v) is 5.69. The van der Waals surface area contributed by atoms with Crippen molar-refractivity contribution in [3.05, 3.63) is 58.0 Å². The Balaban J connectivity index is 2.05. The molecule has 0 amide bonds. The van der Waals surface area contributed by atoms with Crippen LogP contribution in [0.25, 0.3) is 16.6 Å². The zero-order valence-electron chi connectivity index (χ0n) is 15.1. The molecule has 4 nitrogen and oxygen atoms in total. The fourth-order valence-electron chi connectivity index (χ4n) is 4.03. The zero-order chi connectivity index (χ0) is 19.1. The number of aryl methyl sites for hydroxylation is 1. The minimum atomic E-state index is -0.439. The molecular weight excluding hydrogens is 365 g/mol. The molecule has 0 bridgehead atoms. The van der Waals surface area contributed by atoms with E-state index in [4.69, 9.17) is 27.5 Å². The van der Waals surface area contributed by atoms with Crippen LogP contribution in [0.5, 0.6) is 0 Å². The molecule has 2 heterocycles. The Bertz CT molecular complexity index is 1040. The maximum atomic E-state index is 13.8. The molecule has 1 fully saturated rings. The summed E-state index contributed by atoms with van der Waals surface area (Å²) >= 11 is 6.08. The lowest BCUT2D eigenvalue weighted by Gasteiger charge is -2.25. The van der Waals surface area contributed by atoms with E-state index in [1.165, 1.54) is 18.0 Å². The maximum absolute atomic E-state index is 13.8. The largest absolute Gasteiger partial charge is 0.398 e. The summed E-state index contributed by atoms with van der Waals surface area (Å²) in [6.07, 6.45) is 3.12. The smallest absolute Gasteiger partial charge is 0.141 e. The van der Waals surface area contributed by atoms with E-state index in [-0.39, 0.29) is 5.02 Å². The van der Waals surface area contributed by atoms with Gasteiger partial charge in [-0.25, -0.2) is 4.39 Å². The topological polar surface area (TPSA) is 64.0 Å². The molecule has 0 atom stereocenters. The van der Waals surface area contributed by atoms with Crippen molar-refractivity contribution in [1.29, 1.82) is 5.41 Å². The molecule has 0 aliphatic carbocycles. The summed E-state index contributed by atoms with van der Waals surface area (Å²) in [5.74, 6) is -0.106. The predicted molar refractivity (Wildman–Crippen MR) is 108 cm³/mol. The number of benzene rings is 2. The van der Waals surface area contributed by atoms with Crippen LogP contribution in [-0.4, -0.2) is 24.0 Å². The Morgan fingerprint density at radius 1 is 1.26 bits per heavy atom. The van der Waals surface area contributed by atoms with Crippen LogP contribution >= 0.6 is 11.6 Å². The van der Waals surface area contributed by atoms with Crippen molar-refractivity contribution in [2.45, 2.75) is 25.7 Å². The van der Waals surface area contributed by atoms with Crippen molar-refractivity contribution in [2.24, 2.45) is 0 Å². The van der Waals surface area contributed by atoms with Gasteiger partial charge in [0.15, 0.2) is 0 Å². The van der Waals surface area contributed by atoms with Crippen molar-refractivity contribution < 1.29 is 9.13 Å². The van der Waals surface area contributed by atoms with Crippen molar-refractivity contribution >= 4 is 34.4 Å². The Kier molecular flexibility index (Phi) is 4.66. The van der Waals surface area contributed by atoms with Gasteiger partial charge in [-0.05, 0) is 55.7 Å². The number of aromatic nitrogens is 1. The normalized spacial score (nSPS) is 15.4. The van der Waals surface area contributed by atoms with E-state index < -0.39 is 5.82 Å². The summed E-state index contributed by atoms with van der Waals surface area (Å²) in [7, 11) is 0. The third kappa shape index (κ3) is 3.01. The number of hydrogen-bond acceptors (Lipinski definition) is 3. The van der Waals surface area contributed by atoms with Crippen LogP contribution in [0.2, 0.25) is 5.02 Å². The second-order valence-electron chi connectivity index (χ2n) is 6.97. The molecule has 0 spiro atoms. The second-order valence-corrected chi connectivity index (χ2v) is 7.38. The first-order valence-electron chi connectivity index (χ1n) is 8.99. The quantitative estimate of drug-likeness (QED) is 0.480. The fourth-order valence-corrected chi connectivity index (χ4v) is 4.20. The van der Waals surface area contributed by atoms with Crippen LogP contribution in [0.3, 0.4) is 0 Å². The number of ether oxygens (including phenoxy) is 1. The monoisotopic (exact) mass is 385 g/mol. The van der Waals surface area contributed by atoms with Gasteiger partial charge in [-0.2, -0.15) is 0 Å². The highest BCUT2D eigenvalue weighted by Crippen LogP contribution is 2.39. The van der Waals surface area contributed by atoms with Crippen molar-refractivity contribution in [3.63, 3.8) is 0 Å². The van der Waals surface area contributed by atoms with Gasteiger partial charge in [-0.15, -0.1) is 0 Å². The van der Waals surface area contributed by atoms with Crippen molar-refractivity contribution in [3.8, 4) is 5.69 Å². The summed E-state index contributed by atoms with van der Waals surface area (Å²) in [6.45, 7) is 3.55. The first-order valence-corrected chi connectivity index (χ1v) is 9.37. The molecule has 2 aromatic carbocycles. The average molecular weight is 386 g/mol. The molecule has 140 valence electrons. The van der Waals surface area contributed by atoms with E-state index in [0.29, 0.717) is 17.2 Å². The number of fused-ring (bicyclic) bond motifs is 1. The van der Waals surface area contributed by atoms with Crippen LogP contribution in [0, 0.1) is 18.2 Å². The van der Waals surface area contributed by atoms with Gasteiger partial charge < -0.3 is 20.4 Å². The van der Waals surface area contributed by atoms with Crippen LogP contribution in [0.4, 0.5) is 10.1 Å². The lowest BCUT2D eigenvalue weighted by atomic mass is 9.93. The van der Waals surface area contributed by atoms with Crippen LogP contribution in [0.15, 0.2) is 30.3 Å². The molecule has 0 saturated carbocycles. The Hall–Kier alpha value is -2.37. The molecule has 1 aliphatic rings. The van der Waals surface area contributed by atoms with Gasteiger partial charge in [0.1, 0.15) is 5.82 Å². The minimum Gasteiger partial charge on any atom is -0.398 e. The highest BCUT2D eigenvalue weighted by atomic mass is 35.5. The van der Waals surface area contributed by atoms with Crippen LogP contribution < -0.4 is 5.73 Å². The van der Waals surface area contributed by atoms with Gasteiger partial charge in [0.25, 0.3) is 0 Å². The molecule has 0 radical (unpaired) electrons. The molecule has 6 heteroatoms. The third-order valence-electron chi connectivity index (χ3n) is 5.40. The first kappa shape index (κ1) is 18.0. The second kappa shape index (κ2) is 6.98. The Morgan fingerprint density at radius 3 is 2.67 bits per heavy atom. The minimum absolute atomic E-state index is 0.0904. The van der Waals surface area contributed by atoms with E-state index >= 15 is 0 Å². The van der Waals surface area contributed by atoms with E-state index in [1.54, 1.807) is 12.1 Å². The SMILES string of the molecule is Cc1c(C2CCOCC2)n(-c2ccc(F)c(Cl)c2)c2cc(C=N)c(N)cc12. The fraction of sp³-hybridized carbons (Fsp3) is 0.286. The molecule has 0 unspecified atom stereocenters. The Morgan fingerprint density at radius 2 is 2.00 bits per heavy atom. The molecule has 3 N–H and O–H groups in total. The number of nitrogens with one attached hydrogen (secondary N) is 1. The highest BCUT2D eigenvalue weighted by molar-refractivity contribution is 6.30. The van der Waals surface area contributed by atoms with Gasteiger partial charge in [0.2, 0.25) is 0 Å². The number of nitrogen functional groups attached to an aromatic ring is 1. The average Bonchev–Trinajstić information content (AvgIpc) is 2.96. The van der Waals surface area contributed by atoms with Gasteiger partial charge in [0.05, 0.1) is 10.5 Å². The van der Waals surface area contributed by atoms with Crippen molar-refractivity contribution in [1.82, 2.24) is 4.57 Å². The summed E-state index contributed by atoms with van der Waals surface area (Å²) < 4.78 is 21.4. The summed E-state index contributed by atoms with van der Waals surface area (Å²) in [6, 6.07) is 8.63. The zero-order valence-corrected chi connectivity index (χ0v) is 15.8. The molecule has 3 aromatic rings. The van der Waals surface area contributed by atoms with Crippen LogP contribution in [-0.2, 0) is 4.74 Å².